The van der Waals surface area contributed by atoms with Crippen LogP contribution in [0.4, 0.5) is 0 Å². The molecule has 1 aromatic heterocycles. The van der Waals surface area contributed by atoms with E-state index >= 15 is 0 Å². The van der Waals surface area contributed by atoms with E-state index in [1.54, 1.807) is 6.33 Å². The lowest BCUT2D eigenvalue weighted by molar-refractivity contribution is 0.260. The van der Waals surface area contributed by atoms with Gasteiger partial charge in [0.25, 0.3) is 0 Å². The molecule has 1 atom stereocenters. The van der Waals surface area contributed by atoms with Gasteiger partial charge in [-0.25, -0.2) is 0 Å². The van der Waals surface area contributed by atoms with E-state index in [4.69, 9.17) is 5.11 Å². The lowest BCUT2D eigenvalue weighted by atomic mass is 10.2. The molecule has 2 heterocycles. The number of aromatic nitrogens is 3. The highest BCUT2D eigenvalue weighted by Gasteiger charge is 2.17. The normalized spacial score (nSPS) is 23.3. The first-order chi connectivity index (χ1) is 6.42. The van der Waals surface area contributed by atoms with Crippen LogP contribution in [0.3, 0.4) is 0 Å². The molecule has 0 aliphatic carbocycles. The predicted molar refractivity (Wildman–Crippen MR) is 51.5 cm³/mol. The lowest BCUT2D eigenvalue weighted by Crippen LogP contribution is -2.17. The van der Waals surface area contributed by atoms with Crippen molar-refractivity contribution in [1.29, 1.82) is 0 Å². The Kier molecular flexibility index (Phi) is 2.85. The zero-order chi connectivity index (χ0) is 9.10. The molecule has 5 heteroatoms. The Balaban J connectivity index is 2.13. The molecule has 0 bridgehead atoms. The third-order valence-electron chi connectivity index (χ3n) is 2.32. The van der Waals surface area contributed by atoms with Crippen LogP contribution in [0.5, 0.6) is 0 Å². The largest absolute Gasteiger partial charge is 0.388 e. The zero-order valence-corrected chi connectivity index (χ0v) is 8.20. The molecule has 0 aromatic carbocycles. The minimum atomic E-state index is -0.0127. The van der Waals surface area contributed by atoms with Gasteiger partial charge in [-0.15, -0.1) is 10.2 Å². The van der Waals surface area contributed by atoms with Gasteiger partial charge >= 0.3 is 0 Å². The van der Waals surface area contributed by atoms with Crippen molar-refractivity contribution in [3.05, 3.63) is 12.2 Å². The van der Waals surface area contributed by atoms with Gasteiger partial charge in [0.1, 0.15) is 12.9 Å². The zero-order valence-electron chi connectivity index (χ0n) is 7.39. The van der Waals surface area contributed by atoms with Crippen LogP contribution in [-0.2, 0) is 6.61 Å². The molecule has 2 rings (SSSR count). The van der Waals surface area contributed by atoms with Crippen molar-refractivity contribution in [3.63, 3.8) is 0 Å². The van der Waals surface area contributed by atoms with Gasteiger partial charge in [-0.2, -0.15) is 11.8 Å². The van der Waals surface area contributed by atoms with Gasteiger partial charge in [-0.05, 0) is 18.6 Å². The van der Waals surface area contributed by atoms with E-state index in [0.29, 0.717) is 11.9 Å². The van der Waals surface area contributed by atoms with Crippen LogP contribution in [0, 0.1) is 0 Å². The topological polar surface area (TPSA) is 50.9 Å². The Hall–Kier alpha value is -0.550. The number of nitrogens with zero attached hydrogens (tertiary/aromatic N) is 3. The Labute approximate surface area is 81.4 Å². The summed E-state index contributed by atoms with van der Waals surface area (Å²) in [5, 5.41) is 16.7. The van der Waals surface area contributed by atoms with E-state index in [1.165, 1.54) is 18.6 Å². The molecule has 1 aliphatic heterocycles. The van der Waals surface area contributed by atoms with E-state index in [0.717, 1.165) is 5.75 Å². The summed E-state index contributed by atoms with van der Waals surface area (Å²) in [4.78, 5) is 0. The Morgan fingerprint density at radius 1 is 1.69 bits per heavy atom. The van der Waals surface area contributed by atoms with Crippen molar-refractivity contribution in [2.45, 2.75) is 25.5 Å². The summed E-state index contributed by atoms with van der Waals surface area (Å²) in [5.74, 6) is 3.06. The molecule has 0 amide bonds. The Morgan fingerprint density at radius 3 is 3.31 bits per heavy atom. The van der Waals surface area contributed by atoms with E-state index in [2.05, 4.69) is 10.2 Å². The van der Waals surface area contributed by atoms with Gasteiger partial charge in [-0.1, -0.05) is 0 Å². The van der Waals surface area contributed by atoms with Crippen LogP contribution in [0.1, 0.15) is 24.7 Å². The number of aliphatic hydroxyl groups is 1. The highest BCUT2D eigenvalue weighted by atomic mass is 32.2. The highest BCUT2D eigenvalue weighted by molar-refractivity contribution is 7.99. The molecule has 72 valence electrons. The van der Waals surface area contributed by atoms with Crippen LogP contribution in [0.25, 0.3) is 0 Å². The summed E-state index contributed by atoms with van der Waals surface area (Å²) in [7, 11) is 0. The lowest BCUT2D eigenvalue weighted by Gasteiger charge is -2.23. The Morgan fingerprint density at radius 2 is 2.62 bits per heavy atom. The van der Waals surface area contributed by atoms with Crippen LogP contribution >= 0.6 is 11.8 Å². The van der Waals surface area contributed by atoms with Gasteiger partial charge in [0.15, 0.2) is 5.82 Å². The fourth-order valence-corrected chi connectivity index (χ4v) is 2.76. The molecular weight excluding hydrogens is 186 g/mol. The van der Waals surface area contributed by atoms with Gasteiger partial charge in [0.05, 0.1) is 0 Å². The average Bonchev–Trinajstić information content (AvgIpc) is 2.67. The number of hydrogen-bond donors (Lipinski definition) is 1. The number of rotatable bonds is 2. The van der Waals surface area contributed by atoms with Gasteiger partial charge in [0, 0.05) is 11.8 Å². The first kappa shape index (κ1) is 9.02. The maximum absolute atomic E-state index is 9.01. The molecular formula is C8H13N3OS. The molecule has 4 nitrogen and oxygen atoms in total. The van der Waals surface area contributed by atoms with E-state index < -0.39 is 0 Å². The summed E-state index contributed by atoms with van der Waals surface area (Å²) >= 11 is 1.96. The SMILES string of the molecule is OCc1nncn1C1CCCSC1. The monoisotopic (exact) mass is 199 g/mol. The van der Waals surface area contributed by atoms with E-state index in [-0.39, 0.29) is 6.61 Å². The molecule has 13 heavy (non-hydrogen) atoms. The molecule has 0 radical (unpaired) electrons. The second kappa shape index (κ2) is 4.11. The minimum absolute atomic E-state index is 0.0127. The van der Waals surface area contributed by atoms with Crippen LogP contribution in [0.15, 0.2) is 6.33 Å². The maximum atomic E-state index is 9.01. The molecule has 1 aliphatic rings. The first-order valence-corrected chi connectivity index (χ1v) is 5.64. The van der Waals surface area contributed by atoms with Crippen LogP contribution < -0.4 is 0 Å². The van der Waals surface area contributed by atoms with Crippen molar-refractivity contribution < 1.29 is 5.11 Å². The smallest absolute Gasteiger partial charge is 0.158 e. The predicted octanol–water partition coefficient (Wildman–Crippen LogP) is 0.839. The summed E-state index contributed by atoms with van der Waals surface area (Å²) in [6, 6.07) is 0.482. The minimum Gasteiger partial charge on any atom is -0.388 e. The van der Waals surface area contributed by atoms with Crippen LogP contribution in [-0.4, -0.2) is 31.4 Å². The van der Waals surface area contributed by atoms with Gasteiger partial charge in [-0.3, -0.25) is 0 Å². The fraction of sp³-hybridized carbons (Fsp3) is 0.750. The van der Waals surface area contributed by atoms with Gasteiger partial charge < -0.3 is 9.67 Å². The van der Waals surface area contributed by atoms with Crippen molar-refractivity contribution >= 4 is 11.8 Å². The standard InChI is InChI=1S/C8H13N3OS/c12-4-8-10-9-6-11(8)7-2-1-3-13-5-7/h6-7,12H,1-5H2. The third kappa shape index (κ3) is 1.86. The molecule has 0 spiro atoms. The molecule has 1 N–H and O–H groups in total. The fourth-order valence-electron chi connectivity index (χ4n) is 1.63. The summed E-state index contributed by atoms with van der Waals surface area (Å²) in [6.07, 6.45) is 4.15. The number of thioether (sulfide) groups is 1. The summed E-state index contributed by atoms with van der Waals surface area (Å²) in [5.41, 5.74) is 0. The average molecular weight is 199 g/mol. The van der Waals surface area contributed by atoms with Crippen molar-refractivity contribution in [3.8, 4) is 0 Å². The number of aliphatic hydroxyl groups excluding tert-OH is 1. The maximum Gasteiger partial charge on any atom is 0.158 e. The van der Waals surface area contributed by atoms with E-state index in [9.17, 15) is 0 Å². The summed E-state index contributed by atoms with van der Waals surface area (Å²) in [6.45, 7) is -0.0127. The summed E-state index contributed by atoms with van der Waals surface area (Å²) < 4.78 is 2.01. The van der Waals surface area contributed by atoms with Crippen LogP contribution in [0.2, 0.25) is 0 Å². The quantitative estimate of drug-likeness (QED) is 0.766. The Bertz CT molecular complexity index is 270. The highest BCUT2D eigenvalue weighted by Crippen LogP contribution is 2.27. The first-order valence-electron chi connectivity index (χ1n) is 4.49. The third-order valence-corrected chi connectivity index (χ3v) is 3.52. The van der Waals surface area contributed by atoms with Crippen molar-refractivity contribution in [2.24, 2.45) is 0 Å². The van der Waals surface area contributed by atoms with E-state index in [1.807, 2.05) is 16.3 Å². The molecule has 1 fully saturated rings. The molecule has 1 aromatic rings. The second-order valence-electron chi connectivity index (χ2n) is 3.18. The number of hydrogen-bond acceptors (Lipinski definition) is 4. The molecule has 0 saturated carbocycles. The molecule has 1 unspecified atom stereocenters. The van der Waals surface area contributed by atoms with Crippen molar-refractivity contribution in [2.75, 3.05) is 11.5 Å². The second-order valence-corrected chi connectivity index (χ2v) is 4.33. The molecule has 1 saturated heterocycles. The van der Waals surface area contributed by atoms with Gasteiger partial charge in [0.2, 0.25) is 0 Å². The van der Waals surface area contributed by atoms with Crippen molar-refractivity contribution in [1.82, 2.24) is 14.8 Å².